The molecule has 150 valence electrons. The van der Waals surface area contributed by atoms with Crippen molar-refractivity contribution in [2.24, 2.45) is 5.14 Å². The van der Waals surface area contributed by atoms with E-state index in [-0.39, 0.29) is 23.2 Å². The summed E-state index contributed by atoms with van der Waals surface area (Å²) in [6, 6.07) is 23.1. The molecule has 3 N–H and O–H groups in total. The van der Waals surface area contributed by atoms with Gasteiger partial charge in [0.1, 0.15) is 10.6 Å². The fourth-order valence-electron chi connectivity index (χ4n) is 3.08. The van der Waals surface area contributed by atoms with Gasteiger partial charge in [0.2, 0.25) is 15.9 Å². The van der Waals surface area contributed by atoms with Crippen LogP contribution in [0.4, 0.5) is 5.69 Å². The van der Waals surface area contributed by atoms with Gasteiger partial charge in [-0.25, -0.2) is 13.6 Å². The summed E-state index contributed by atoms with van der Waals surface area (Å²) in [7, 11) is -4.01. The summed E-state index contributed by atoms with van der Waals surface area (Å²) in [5, 5.41) is 8.12. The van der Waals surface area contributed by atoms with Crippen LogP contribution in [0.1, 0.15) is 24.0 Å². The van der Waals surface area contributed by atoms with Gasteiger partial charge in [-0.15, -0.1) is 0 Å². The van der Waals surface area contributed by atoms with Crippen molar-refractivity contribution in [2.45, 2.75) is 17.7 Å². The summed E-state index contributed by atoms with van der Waals surface area (Å²) < 4.78 is 29.2. The van der Waals surface area contributed by atoms with Crippen molar-refractivity contribution in [3.05, 3.63) is 90.0 Å². The Hall–Kier alpha value is -3.16. The van der Waals surface area contributed by atoms with Crippen molar-refractivity contribution in [1.82, 2.24) is 0 Å². The zero-order valence-corrected chi connectivity index (χ0v) is 16.7. The third-order valence-corrected chi connectivity index (χ3v) is 5.28. The molecular weight excluding hydrogens is 388 g/mol. The van der Waals surface area contributed by atoms with Gasteiger partial charge < -0.3 is 10.1 Å². The molecule has 3 aromatic carbocycles. The van der Waals surface area contributed by atoms with Gasteiger partial charge in [0.15, 0.2) is 0 Å². The SMILES string of the molecule is CCOc1ccc(NC(=O)C(c2ccccc2)c2ccccc2)cc1S(N)(=O)=O. The molecule has 3 rings (SSSR count). The first-order chi connectivity index (χ1) is 13.9. The van der Waals surface area contributed by atoms with E-state index in [1.54, 1.807) is 13.0 Å². The normalized spacial score (nSPS) is 11.3. The highest BCUT2D eigenvalue weighted by Gasteiger charge is 2.24. The van der Waals surface area contributed by atoms with Gasteiger partial charge in [-0.3, -0.25) is 4.79 Å². The van der Waals surface area contributed by atoms with E-state index in [1.165, 1.54) is 12.1 Å². The lowest BCUT2D eigenvalue weighted by Gasteiger charge is -2.18. The smallest absolute Gasteiger partial charge is 0.241 e. The van der Waals surface area contributed by atoms with Crippen LogP contribution in [-0.4, -0.2) is 20.9 Å². The second-order valence-electron chi connectivity index (χ2n) is 6.38. The maximum absolute atomic E-state index is 13.2. The van der Waals surface area contributed by atoms with Crippen molar-refractivity contribution in [2.75, 3.05) is 11.9 Å². The highest BCUT2D eigenvalue weighted by Crippen LogP contribution is 2.29. The maximum atomic E-state index is 13.2. The Balaban J connectivity index is 1.96. The number of nitrogens with one attached hydrogen (secondary N) is 1. The zero-order chi connectivity index (χ0) is 20.9. The van der Waals surface area contributed by atoms with Crippen molar-refractivity contribution in [3.8, 4) is 5.75 Å². The summed E-state index contributed by atoms with van der Waals surface area (Å²) >= 11 is 0. The average Bonchev–Trinajstić information content (AvgIpc) is 2.70. The van der Waals surface area contributed by atoms with Gasteiger partial charge in [-0.1, -0.05) is 60.7 Å². The van der Waals surface area contributed by atoms with E-state index in [4.69, 9.17) is 9.88 Å². The molecule has 0 saturated heterocycles. The summed E-state index contributed by atoms with van der Waals surface area (Å²) in [5.74, 6) is -0.690. The first-order valence-electron chi connectivity index (χ1n) is 9.10. The largest absolute Gasteiger partial charge is 0.492 e. The number of sulfonamides is 1. The van der Waals surface area contributed by atoms with Crippen molar-refractivity contribution >= 4 is 21.6 Å². The van der Waals surface area contributed by atoms with Crippen LogP contribution in [0.25, 0.3) is 0 Å². The first kappa shape index (κ1) is 20.6. The number of anilines is 1. The molecule has 0 saturated carbocycles. The summed E-state index contributed by atoms with van der Waals surface area (Å²) in [6.45, 7) is 2.03. The lowest BCUT2D eigenvalue weighted by Crippen LogP contribution is -2.22. The average molecular weight is 410 g/mol. The highest BCUT2D eigenvalue weighted by molar-refractivity contribution is 7.89. The van der Waals surface area contributed by atoms with Gasteiger partial charge in [0, 0.05) is 5.69 Å². The molecule has 29 heavy (non-hydrogen) atoms. The molecule has 0 spiro atoms. The van der Waals surface area contributed by atoms with Gasteiger partial charge >= 0.3 is 0 Å². The Bertz CT molecular complexity index is 1040. The molecule has 0 atom stereocenters. The molecular formula is C22H22N2O4S. The summed E-state index contributed by atoms with van der Waals surface area (Å²) in [4.78, 5) is 13.0. The molecule has 0 radical (unpaired) electrons. The standard InChI is InChI=1S/C22H22N2O4S/c1-2-28-19-14-13-18(15-20(19)29(23,26)27)24-22(25)21(16-9-5-3-6-10-16)17-11-7-4-8-12-17/h3-15,21H,2H2,1H3,(H,24,25)(H2,23,26,27). The molecule has 0 aliphatic heterocycles. The quantitative estimate of drug-likeness (QED) is 0.623. The van der Waals surface area contributed by atoms with E-state index in [2.05, 4.69) is 5.32 Å². The van der Waals surface area contributed by atoms with Crippen molar-refractivity contribution in [3.63, 3.8) is 0 Å². The van der Waals surface area contributed by atoms with Gasteiger partial charge in [-0.05, 0) is 36.2 Å². The minimum absolute atomic E-state index is 0.149. The number of carbonyl (C=O) groups is 1. The van der Waals surface area contributed by atoms with E-state index < -0.39 is 15.9 Å². The molecule has 0 bridgehead atoms. The fourth-order valence-corrected chi connectivity index (χ4v) is 3.78. The molecule has 0 aliphatic rings. The number of hydrogen-bond acceptors (Lipinski definition) is 4. The monoisotopic (exact) mass is 410 g/mol. The number of amides is 1. The van der Waals surface area contributed by atoms with Crippen LogP contribution in [0.2, 0.25) is 0 Å². The van der Waals surface area contributed by atoms with E-state index in [9.17, 15) is 13.2 Å². The predicted molar refractivity (Wildman–Crippen MR) is 112 cm³/mol. The second kappa shape index (κ2) is 8.89. The molecule has 3 aromatic rings. The molecule has 6 nitrogen and oxygen atoms in total. The Kier molecular flexibility index (Phi) is 6.31. The number of ether oxygens (including phenoxy) is 1. The molecule has 0 aliphatic carbocycles. The number of rotatable bonds is 7. The third-order valence-electron chi connectivity index (χ3n) is 4.35. The van der Waals surface area contributed by atoms with Crippen molar-refractivity contribution < 1.29 is 17.9 Å². The van der Waals surface area contributed by atoms with E-state index in [1.807, 2.05) is 60.7 Å². The Morgan fingerprint density at radius 1 is 0.966 bits per heavy atom. The van der Waals surface area contributed by atoms with Crippen LogP contribution >= 0.6 is 0 Å². The minimum atomic E-state index is -4.01. The van der Waals surface area contributed by atoms with Crippen LogP contribution in [0.15, 0.2) is 83.8 Å². The van der Waals surface area contributed by atoms with Crippen LogP contribution in [-0.2, 0) is 14.8 Å². The van der Waals surface area contributed by atoms with Gasteiger partial charge in [0.05, 0.1) is 12.5 Å². The highest BCUT2D eigenvalue weighted by atomic mass is 32.2. The second-order valence-corrected chi connectivity index (χ2v) is 7.91. The number of nitrogens with two attached hydrogens (primary N) is 1. The molecule has 0 unspecified atom stereocenters. The summed E-state index contributed by atoms with van der Waals surface area (Å²) in [6.07, 6.45) is 0. The first-order valence-corrected chi connectivity index (χ1v) is 10.6. The number of carbonyl (C=O) groups excluding carboxylic acids is 1. The Morgan fingerprint density at radius 2 is 1.52 bits per heavy atom. The number of primary sulfonamides is 1. The Morgan fingerprint density at radius 3 is 2.00 bits per heavy atom. The number of benzene rings is 3. The fraction of sp³-hybridized carbons (Fsp3) is 0.136. The molecule has 1 amide bonds. The summed E-state index contributed by atoms with van der Waals surface area (Å²) in [5.41, 5.74) is 1.97. The molecule has 0 fully saturated rings. The van der Waals surface area contributed by atoms with Crippen LogP contribution in [0, 0.1) is 0 Å². The number of hydrogen-bond donors (Lipinski definition) is 2. The Labute approximate surface area is 170 Å². The van der Waals surface area contributed by atoms with Crippen LogP contribution in [0.3, 0.4) is 0 Å². The van der Waals surface area contributed by atoms with Gasteiger partial charge in [0.25, 0.3) is 0 Å². The molecule has 0 heterocycles. The lowest BCUT2D eigenvalue weighted by molar-refractivity contribution is -0.116. The van der Waals surface area contributed by atoms with Crippen molar-refractivity contribution in [1.29, 1.82) is 0 Å². The van der Waals surface area contributed by atoms with E-state index in [0.29, 0.717) is 5.69 Å². The molecule has 7 heteroatoms. The van der Waals surface area contributed by atoms with Gasteiger partial charge in [-0.2, -0.15) is 0 Å². The van der Waals surface area contributed by atoms with E-state index >= 15 is 0 Å². The zero-order valence-electron chi connectivity index (χ0n) is 15.9. The van der Waals surface area contributed by atoms with Crippen LogP contribution in [0.5, 0.6) is 5.75 Å². The van der Waals surface area contributed by atoms with Crippen LogP contribution < -0.4 is 15.2 Å². The minimum Gasteiger partial charge on any atom is -0.492 e. The van der Waals surface area contributed by atoms with E-state index in [0.717, 1.165) is 11.1 Å². The third kappa shape index (κ3) is 5.01. The molecule has 0 aromatic heterocycles. The predicted octanol–water partition coefficient (Wildman–Crippen LogP) is 3.50. The topological polar surface area (TPSA) is 98.5 Å². The maximum Gasteiger partial charge on any atom is 0.241 e. The lowest BCUT2D eigenvalue weighted by atomic mass is 9.90.